The highest BCUT2D eigenvalue weighted by Crippen LogP contribution is 2.19. The van der Waals surface area contributed by atoms with Crippen LogP contribution in [0, 0.1) is 0 Å². The van der Waals surface area contributed by atoms with Crippen molar-refractivity contribution in [2.24, 2.45) is 0 Å². The van der Waals surface area contributed by atoms with Gasteiger partial charge in [0.1, 0.15) is 5.75 Å². The molecular formula is C11H13NO4. The molecule has 0 radical (unpaired) electrons. The van der Waals surface area contributed by atoms with E-state index < -0.39 is 12.0 Å². The van der Waals surface area contributed by atoms with Gasteiger partial charge in [0.15, 0.2) is 0 Å². The van der Waals surface area contributed by atoms with Crippen molar-refractivity contribution in [1.29, 1.82) is 0 Å². The fourth-order valence-corrected chi connectivity index (χ4v) is 1.37. The van der Waals surface area contributed by atoms with Crippen LogP contribution in [0.3, 0.4) is 0 Å². The summed E-state index contributed by atoms with van der Waals surface area (Å²) < 4.78 is 4.98. The van der Waals surface area contributed by atoms with Crippen LogP contribution in [0.25, 0.3) is 0 Å². The lowest BCUT2D eigenvalue weighted by molar-refractivity contribution is -0.137. The lowest BCUT2D eigenvalue weighted by atomic mass is 10.0. The number of nitrogens with one attached hydrogen (secondary N) is 1. The first-order valence-corrected chi connectivity index (χ1v) is 4.72. The third kappa shape index (κ3) is 3.27. The minimum absolute atomic E-state index is 0.148. The molecule has 1 atom stereocenters. The summed E-state index contributed by atoms with van der Waals surface area (Å²) in [6.45, 7) is 0. The normalized spacial score (nSPS) is 11.6. The minimum atomic E-state index is -0.963. The molecule has 1 rings (SSSR count). The summed E-state index contributed by atoms with van der Waals surface area (Å²) in [7, 11) is 1.55. The number of ether oxygens (including phenoxy) is 1. The first-order chi connectivity index (χ1) is 7.67. The van der Waals surface area contributed by atoms with Gasteiger partial charge in [0, 0.05) is 0 Å². The second-order valence-electron chi connectivity index (χ2n) is 3.21. The van der Waals surface area contributed by atoms with Gasteiger partial charge < -0.3 is 15.2 Å². The van der Waals surface area contributed by atoms with Gasteiger partial charge in [-0.25, -0.2) is 0 Å². The number of benzene rings is 1. The maximum atomic E-state index is 10.6. The number of rotatable bonds is 6. The molecule has 0 saturated carbocycles. The number of aliphatic carboxylic acids is 1. The summed E-state index contributed by atoms with van der Waals surface area (Å²) in [6, 6.07) is 6.38. The van der Waals surface area contributed by atoms with Crippen LogP contribution in [-0.4, -0.2) is 24.6 Å². The molecule has 86 valence electrons. The lowest BCUT2D eigenvalue weighted by Gasteiger charge is -2.14. The van der Waals surface area contributed by atoms with E-state index in [9.17, 15) is 9.59 Å². The molecule has 0 aliphatic heterocycles. The summed E-state index contributed by atoms with van der Waals surface area (Å²) in [4.78, 5) is 21.0. The molecule has 1 unspecified atom stereocenters. The SMILES string of the molecule is COc1ccc(C(CC(=O)O)NC=O)cc1. The van der Waals surface area contributed by atoms with Crippen molar-refractivity contribution < 1.29 is 19.4 Å². The van der Waals surface area contributed by atoms with Crippen molar-refractivity contribution in [1.82, 2.24) is 5.32 Å². The van der Waals surface area contributed by atoms with Crippen LogP contribution in [0.4, 0.5) is 0 Å². The Kier molecular flexibility index (Phi) is 4.32. The van der Waals surface area contributed by atoms with E-state index in [-0.39, 0.29) is 6.42 Å². The number of methoxy groups -OCH3 is 1. The maximum Gasteiger partial charge on any atom is 0.305 e. The molecule has 0 aromatic heterocycles. The summed E-state index contributed by atoms with van der Waals surface area (Å²) in [5.41, 5.74) is 0.732. The molecule has 2 N–H and O–H groups in total. The van der Waals surface area contributed by atoms with Gasteiger partial charge in [-0.1, -0.05) is 12.1 Å². The summed E-state index contributed by atoms with van der Waals surface area (Å²) in [5, 5.41) is 11.2. The molecule has 5 nitrogen and oxygen atoms in total. The van der Waals surface area contributed by atoms with Crippen LogP contribution in [0.2, 0.25) is 0 Å². The quantitative estimate of drug-likeness (QED) is 0.704. The molecule has 0 bridgehead atoms. The van der Waals surface area contributed by atoms with E-state index in [2.05, 4.69) is 5.32 Å². The fraction of sp³-hybridized carbons (Fsp3) is 0.273. The van der Waals surface area contributed by atoms with Crippen molar-refractivity contribution in [3.63, 3.8) is 0 Å². The second-order valence-corrected chi connectivity index (χ2v) is 3.21. The van der Waals surface area contributed by atoms with Gasteiger partial charge >= 0.3 is 5.97 Å². The number of carbonyl (C=O) groups excluding carboxylic acids is 1. The van der Waals surface area contributed by atoms with Gasteiger partial charge in [0.25, 0.3) is 0 Å². The van der Waals surface area contributed by atoms with E-state index in [1.54, 1.807) is 31.4 Å². The Morgan fingerprint density at radius 2 is 2.12 bits per heavy atom. The zero-order chi connectivity index (χ0) is 12.0. The van der Waals surface area contributed by atoms with Crippen molar-refractivity contribution >= 4 is 12.4 Å². The van der Waals surface area contributed by atoms with E-state index in [1.165, 1.54) is 0 Å². The monoisotopic (exact) mass is 223 g/mol. The molecule has 16 heavy (non-hydrogen) atoms. The average Bonchev–Trinajstić information content (AvgIpc) is 2.28. The second kappa shape index (κ2) is 5.75. The van der Waals surface area contributed by atoms with Crippen molar-refractivity contribution in [3.8, 4) is 5.75 Å². The highest BCUT2D eigenvalue weighted by molar-refractivity contribution is 5.68. The van der Waals surface area contributed by atoms with Gasteiger partial charge in [-0.05, 0) is 17.7 Å². The molecule has 0 heterocycles. The number of hydrogen-bond acceptors (Lipinski definition) is 3. The number of hydrogen-bond donors (Lipinski definition) is 2. The summed E-state index contributed by atoms with van der Waals surface area (Å²) in [5.74, 6) is -0.279. The molecule has 1 aromatic carbocycles. The smallest absolute Gasteiger partial charge is 0.305 e. The van der Waals surface area contributed by atoms with Crippen LogP contribution in [0.5, 0.6) is 5.75 Å². The lowest BCUT2D eigenvalue weighted by Crippen LogP contribution is -2.22. The molecule has 0 aliphatic rings. The Labute approximate surface area is 93.0 Å². The fourth-order valence-electron chi connectivity index (χ4n) is 1.37. The third-order valence-electron chi connectivity index (χ3n) is 2.17. The molecule has 1 aromatic rings. The topological polar surface area (TPSA) is 75.6 Å². The molecule has 0 fully saturated rings. The standard InChI is InChI=1S/C11H13NO4/c1-16-9-4-2-8(3-5-9)10(12-7-13)6-11(14)15/h2-5,7,10H,6H2,1H3,(H,12,13)(H,14,15). The number of carboxylic acids is 1. The van der Waals surface area contributed by atoms with Crippen molar-refractivity contribution in [2.75, 3.05) is 7.11 Å². The van der Waals surface area contributed by atoms with E-state index in [4.69, 9.17) is 9.84 Å². The Morgan fingerprint density at radius 1 is 1.50 bits per heavy atom. The van der Waals surface area contributed by atoms with Gasteiger partial charge in [-0.2, -0.15) is 0 Å². The molecular weight excluding hydrogens is 210 g/mol. The van der Waals surface area contributed by atoms with Gasteiger partial charge in [0.2, 0.25) is 6.41 Å². The van der Waals surface area contributed by atoms with Crippen LogP contribution < -0.4 is 10.1 Å². The van der Waals surface area contributed by atoms with Crippen molar-refractivity contribution in [3.05, 3.63) is 29.8 Å². The van der Waals surface area contributed by atoms with Crippen LogP contribution in [0.1, 0.15) is 18.0 Å². The van der Waals surface area contributed by atoms with Gasteiger partial charge in [0.05, 0.1) is 19.6 Å². The minimum Gasteiger partial charge on any atom is -0.497 e. The highest BCUT2D eigenvalue weighted by atomic mass is 16.5. The predicted molar refractivity (Wildman–Crippen MR) is 57.2 cm³/mol. The number of carboxylic acid groups (broad SMARTS) is 1. The molecule has 0 saturated heterocycles. The van der Waals surface area contributed by atoms with E-state index in [0.29, 0.717) is 12.2 Å². The van der Waals surface area contributed by atoms with E-state index in [1.807, 2.05) is 0 Å². The summed E-state index contributed by atoms with van der Waals surface area (Å²) in [6.07, 6.45) is 0.350. The average molecular weight is 223 g/mol. The zero-order valence-corrected chi connectivity index (χ0v) is 8.84. The Bertz CT molecular complexity index is 361. The van der Waals surface area contributed by atoms with Crippen molar-refractivity contribution in [2.45, 2.75) is 12.5 Å². The molecule has 5 heteroatoms. The van der Waals surface area contributed by atoms with Crippen LogP contribution in [-0.2, 0) is 9.59 Å². The van der Waals surface area contributed by atoms with Gasteiger partial charge in [-0.3, -0.25) is 9.59 Å². The molecule has 1 amide bonds. The Morgan fingerprint density at radius 3 is 2.56 bits per heavy atom. The number of carbonyl (C=O) groups is 2. The number of amides is 1. The first-order valence-electron chi connectivity index (χ1n) is 4.72. The summed E-state index contributed by atoms with van der Waals surface area (Å²) >= 11 is 0. The van der Waals surface area contributed by atoms with Crippen LogP contribution in [0.15, 0.2) is 24.3 Å². The highest BCUT2D eigenvalue weighted by Gasteiger charge is 2.14. The van der Waals surface area contributed by atoms with Crippen LogP contribution >= 0.6 is 0 Å². The van der Waals surface area contributed by atoms with E-state index >= 15 is 0 Å². The molecule has 0 spiro atoms. The van der Waals surface area contributed by atoms with Gasteiger partial charge in [-0.15, -0.1) is 0 Å². The van der Waals surface area contributed by atoms with E-state index in [0.717, 1.165) is 5.56 Å². The third-order valence-corrected chi connectivity index (χ3v) is 2.17. The maximum absolute atomic E-state index is 10.6. The Hall–Kier alpha value is -2.04. The predicted octanol–water partition coefficient (Wildman–Crippen LogP) is 0.957. The Balaban J connectivity index is 2.82. The zero-order valence-electron chi connectivity index (χ0n) is 8.84. The largest absolute Gasteiger partial charge is 0.497 e. The first kappa shape index (κ1) is 12.0. The molecule has 0 aliphatic carbocycles.